The second-order valence-corrected chi connectivity index (χ2v) is 15.2. The number of halogens is 2. The highest BCUT2D eigenvalue weighted by Crippen LogP contribution is 2.46. The van der Waals surface area contributed by atoms with Crippen molar-refractivity contribution in [1.82, 2.24) is 4.98 Å². The van der Waals surface area contributed by atoms with Gasteiger partial charge in [0.15, 0.2) is 17.7 Å². The number of benzene rings is 2. The summed E-state index contributed by atoms with van der Waals surface area (Å²) >= 11 is 0. The molecular weight excluding hydrogens is 598 g/mol. The molecule has 0 amide bonds. The molecule has 6 nitrogen and oxygen atoms in total. The van der Waals surface area contributed by atoms with Gasteiger partial charge in [0.2, 0.25) is 0 Å². The van der Waals surface area contributed by atoms with E-state index in [1.165, 1.54) is 12.1 Å². The summed E-state index contributed by atoms with van der Waals surface area (Å²) in [5, 5.41) is 0. The number of fused-ring (bicyclic) bond motifs is 1. The zero-order valence-electron chi connectivity index (χ0n) is 29.4. The molecule has 5 rings (SSSR count). The number of aromatic nitrogens is 1. The van der Waals surface area contributed by atoms with Gasteiger partial charge in [-0.25, -0.2) is 13.6 Å². The fourth-order valence-electron chi connectivity index (χ4n) is 6.71. The van der Waals surface area contributed by atoms with Crippen LogP contribution in [-0.4, -0.2) is 41.9 Å². The van der Waals surface area contributed by atoms with Gasteiger partial charge in [0, 0.05) is 42.0 Å². The third-order valence-electron chi connectivity index (χ3n) is 9.14. The first-order valence-electron chi connectivity index (χ1n) is 16.9. The van der Waals surface area contributed by atoms with E-state index in [2.05, 4.69) is 30.9 Å². The second-order valence-electron chi connectivity index (χ2n) is 15.2. The van der Waals surface area contributed by atoms with E-state index in [-0.39, 0.29) is 17.6 Å². The van der Waals surface area contributed by atoms with Crippen LogP contribution in [0.15, 0.2) is 36.4 Å². The molecular formula is C39H50F2N2O4. The van der Waals surface area contributed by atoms with Crippen LogP contribution >= 0.6 is 0 Å². The van der Waals surface area contributed by atoms with Crippen molar-refractivity contribution in [2.45, 2.75) is 118 Å². The van der Waals surface area contributed by atoms with Gasteiger partial charge in [0.05, 0.1) is 17.4 Å². The molecule has 2 atom stereocenters. The number of carbonyl (C=O) groups excluding carboxylic acids is 1. The summed E-state index contributed by atoms with van der Waals surface area (Å²) in [4.78, 5) is 21.2. The monoisotopic (exact) mass is 648 g/mol. The van der Waals surface area contributed by atoms with Crippen LogP contribution in [0.3, 0.4) is 0 Å². The molecule has 0 saturated carbocycles. The molecule has 1 saturated heterocycles. The normalized spacial score (nSPS) is 18.5. The van der Waals surface area contributed by atoms with Crippen LogP contribution in [-0.2, 0) is 27.1 Å². The Labute approximate surface area is 278 Å². The first kappa shape index (κ1) is 34.8. The lowest BCUT2D eigenvalue weighted by atomic mass is 9.81. The van der Waals surface area contributed by atoms with Gasteiger partial charge in [-0.15, -0.1) is 0 Å². The highest BCUT2D eigenvalue weighted by Gasteiger charge is 2.38. The van der Waals surface area contributed by atoms with E-state index in [4.69, 9.17) is 19.2 Å². The van der Waals surface area contributed by atoms with E-state index in [1.54, 1.807) is 6.07 Å². The Balaban J connectivity index is 1.58. The van der Waals surface area contributed by atoms with Crippen LogP contribution in [0, 0.1) is 30.9 Å². The van der Waals surface area contributed by atoms with Crippen molar-refractivity contribution >= 4 is 11.7 Å². The van der Waals surface area contributed by atoms with E-state index in [1.807, 2.05) is 54.5 Å². The molecule has 0 radical (unpaired) electrons. The predicted molar refractivity (Wildman–Crippen MR) is 182 cm³/mol. The molecule has 47 heavy (non-hydrogen) atoms. The number of hydrogen-bond acceptors (Lipinski definition) is 6. The third-order valence-corrected chi connectivity index (χ3v) is 9.14. The topological polar surface area (TPSA) is 60.9 Å². The molecule has 254 valence electrons. The van der Waals surface area contributed by atoms with E-state index in [0.29, 0.717) is 12.0 Å². The van der Waals surface area contributed by atoms with Crippen molar-refractivity contribution in [3.63, 3.8) is 0 Å². The van der Waals surface area contributed by atoms with Gasteiger partial charge in [-0.2, -0.15) is 0 Å². The first-order valence-corrected chi connectivity index (χ1v) is 16.9. The Morgan fingerprint density at radius 1 is 1.04 bits per heavy atom. The van der Waals surface area contributed by atoms with Crippen LogP contribution in [0.1, 0.15) is 102 Å². The van der Waals surface area contributed by atoms with E-state index in [9.17, 15) is 13.6 Å². The van der Waals surface area contributed by atoms with Crippen molar-refractivity contribution in [2.24, 2.45) is 5.41 Å². The van der Waals surface area contributed by atoms with Crippen molar-refractivity contribution in [3.05, 3.63) is 76.1 Å². The summed E-state index contributed by atoms with van der Waals surface area (Å²) in [7, 11) is 0. The Bertz CT molecular complexity index is 1620. The number of esters is 1. The molecule has 3 aromatic rings. The number of carbonyl (C=O) groups is 1. The summed E-state index contributed by atoms with van der Waals surface area (Å²) in [6.07, 6.45) is 2.69. The highest BCUT2D eigenvalue weighted by molar-refractivity contribution is 5.89. The Kier molecular flexibility index (Phi) is 10.0. The molecule has 0 bridgehead atoms. The summed E-state index contributed by atoms with van der Waals surface area (Å²) in [5.41, 5.74) is 6.76. The minimum absolute atomic E-state index is 0.137. The van der Waals surface area contributed by atoms with Crippen molar-refractivity contribution in [1.29, 1.82) is 0 Å². The summed E-state index contributed by atoms with van der Waals surface area (Å²) in [5.74, 6) is -1.31. The average Bonchev–Trinajstić information content (AvgIpc) is 2.97. The molecule has 0 aliphatic carbocycles. The molecule has 2 aromatic carbocycles. The number of ether oxygens (including phenoxy) is 3. The summed E-state index contributed by atoms with van der Waals surface area (Å²) in [6, 6.07) is 10.3. The quantitative estimate of drug-likeness (QED) is 0.227. The lowest BCUT2D eigenvalue weighted by Gasteiger charge is -2.41. The number of pyridine rings is 1. The molecule has 0 spiro atoms. The van der Waals surface area contributed by atoms with E-state index in [0.717, 1.165) is 83.9 Å². The van der Waals surface area contributed by atoms with Gasteiger partial charge in [-0.05, 0) is 121 Å². The lowest BCUT2D eigenvalue weighted by molar-refractivity contribution is -0.171. The molecule has 0 N–H and O–H groups in total. The maximum atomic E-state index is 13.8. The molecule has 2 aliphatic rings. The molecule has 3 heterocycles. The Hall–Kier alpha value is -3.52. The maximum absolute atomic E-state index is 13.8. The number of rotatable bonds is 8. The third kappa shape index (κ3) is 8.14. The number of hydrogen-bond donors (Lipinski definition) is 0. The number of aryl methyl sites for hydroxylation is 3. The van der Waals surface area contributed by atoms with Crippen molar-refractivity contribution in [2.75, 3.05) is 18.0 Å². The van der Waals surface area contributed by atoms with Gasteiger partial charge >= 0.3 is 5.97 Å². The van der Waals surface area contributed by atoms with E-state index >= 15 is 0 Å². The highest BCUT2D eigenvalue weighted by atomic mass is 19.2. The molecule has 2 aliphatic heterocycles. The second kappa shape index (κ2) is 13.5. The lowest BCUT2D eigenvalue weighted by Crippen LogP contribution is -2.39. The van der Waals surface area contributed by atoms with Crippen LogP contribution in [0.5, 0.6) is 5.75 Å². The van der Waals surface area contributed by atoms with Gasteiger partial charge in [0.25, 0.3) is 0 Å². The number of piperidine rings is 1. The Morgan fingerprint density at radius 2 is 1.74 bits per heavy atom. The standard InChI is InChI=1S/C39H50F2N2O4/c1-23(2)45-37(44)36(47-38(5,6)7)34-25(4)42-24(3)33(35(34)43-18-16-39(8,9)17-19-43)28-12-15-32-27(22-28)11-13-29(46-32)20-26-10-14-30(40)31(41)21-26/h10,12,14-15,21-23,29,36H,11,13,16-20H2,1-9H3. The van der Waals surface area contributed by atoms with Crippen LogP contribution in [0.4, 0.5) is 14.5 Å². The zero-order chi connectivity index (χ0) is 34.3. The van der Waals surface area contributed by atoms with Crippen molar-refractivity contribution in [3.8, 4) is 16.9 Å². The van der Waals surface area contributed by atoms with Crippen molar-refractivity contribution < 1.29 is 27.8 Å². The maximum Gasteiger partial charge on any atom is 0.340 e. The fraction of sp³-hybridized carbons (Fsp3) is 0.538. The SMILES string of the molecule is Cc1nc(C)c(C(OC(C)(C)C)C(=O)OC(C)C)c(N2CCC(C)(C)CC2)c1-c1ccc2c(c1)CCC(Cc1ccc(F)c(F)c1)O2. The van der Waals surface area contributed by atoms with Gasteiger partial charge in [0.1, 0.15) is 11.9 Å². The van der Waals surface area contributed by atoms with Gasteiger partial charge in [-0.3, -0.25) is 4.98 Å². The molecule has 2 unspecified atom stereocenters. The van der Waals surface area contributed by atoms with E-state index < -0.39 is 29.3 Å². The van der Waals surface area contributed by atoms with Crippen LogP contribution < -0.4 is 9.64 Å². The van der Waals surface area contributed by atoms with Crippen LogP contribution in [0.2, 0.25) is 0 Å². The minimum Gasteiger partial charge on any atom is -0.490 e. The summed E-state index contributed by atoms with van der Waals surface area (Å²) in [6.45, 7) is 19.9. The number of anilines is 1. The zero-order valence-corrected chi connectivity index (χ0v) is 29.4. The smallest absolute Gasteiger partial charge is 0.340 e. The molecule has 1 fully saturated rings. The molecule has 8 heteroatoms. The number of nitrogens with zero attached hydrogens (tertiary/aromatic N) is 2. The largest absolute Gasteiger partial charge is 0.490 e. The van der Waals surface area contributed by atoms with Gasteiger partial charge < -0.3 is 19.1 Å². The molecule has 1 aromatic heterocycles. The predicted octanol–water partition coefficient (Wildman–Crippen LogP) is 9.01. The minimum atomic E-state index is -0.952. The average molecular weight is 649 g/mol. The fourth-order valence-corrected chi connectivity index (χ4v) is 6.71. The Morgan fingerprint density at radius 3 is 2.38 bits per heavy atom. The first-order chi connectivity index (χ1) is 22.0. The van der Waals surface area contributed by atoms with Gasteiger partial charge in [-0.1, -0.05) is 26.0 Å². The summed E-state index contributed by atoms with van der Waals surface area (Å²) < 4.78 is 46.0. The van der Waals surface area contributed by atoms with Crippen LogP contribution in [0.25, 0.3) is 11.1 Å².